The maximum atomic E-state index is 13.6. The molecule has 0 spiro atoms. The lowest BCUT2D eigenvalue weighted by molar-refractivity contribution is 0.210. The molecule has 78 valence electrons. The lowest BCUT2D eigenvalue weighted by atomic mass is 10.1. The smallest absolute Gasteiger partial charge is 0.143 e. The summed E-state index contributed by atoms with van der Waals surface area (Å²) in [5.74, 6) is -0.474. The van der Waals surface area contributed by atoms with E-state index in [9.17, 15) is 9.50 Å². The standard InChI is InChI=1S/C9H6BrFN2OS/c10-6-3-1-2-5(8(6)11)9(14)7-4-15-13-12-7/h1-4,9,14H. The Morgan fingerprint density at radius 2 is 2.27 bits per heavy atom. The van der Waals surface area contributed by atoms with Crippen molar-refractivity contribution in [3.8, 4) is 0 Å². The van der Waals surface area contributed by atoms with Crippen molar-refractivity contribution in [1.82, 2.24) is 9.59 Å². The van der Waals surface area contributed by atoms with Crippen LogP contribution in [0.4, 0.5) is 4.39 Å². The predicted octanol–water partition coefficient (Wildman–Crippen LogP) is 2.52. The van der Waals surface area contributed by atoms with Gasteiger partial charge in [-0.2, -0.15) is 0 Å². The molecular weight excluding hydrogens is 283 g/mol. The van der Waals surface area contributed by atoms with Crippen molar-refractivity contribution in [2.45, 2.75) is 6.10 Å². The van der Waals surface area contributed by atoms with Crippen LogP contribution in [0, 0.1) is 5.82 Å². The van der Waals surface area contributed by atoms with E-state index >= 15 is 0 Å². The summed E-state index contributed by atoms with van der Waals surface area (Å²) < 4.78 is 17.5. The first-order valence-electron chi connectivity index (χ1n) is 4.09. The SMILES string of the molecule is OC(c1csnn1)c1cccc(Br)c1F. The number of rotatable bonds is 2. The molecule has 0 aliphatic rings. The summed E-state index contributed by atoms with van der Waals surface area (Å²) in [6, 6.07) is 4.75. The Kier molecular flexibility index (Phi) is 3.08. The van der Waals surface area contributed by atoms with Crippen molar-refractivity contribution in [3.05, 3.63) is 45.1 Å². The molecule has 2 rings (SSSR count). The van der Waals surface area contributed by atoms with Gasteiger partial charge < -0.3 is 5.11 Å². The van der Waals surface area contributed by atoms with E-state index in [0.29, 0.717) is 10.2 Å². The number of aliphatic hydroxyl groups excluding tert-OH is 1. The van der Waals surface area contributed by atoms with Gasteiger partial charge >= 0.3 is 0 Å². The largest absolute Gasteiger partial charge is 0.382 e. The normalized spacial score (nSPS) is 12.7. The van der Waals surface area contributed by atoms with Crippen LogP contribution in [0.5, 0.6) is 0 Å². The molecule has 3 nitrogen and oxygen atoms in total. The summed E-state index contributed by atoms with van der Waals surface area (Å²) in [6.07, 6.45) is -1.07. The molecule has 0 aliphatic carbocycles. The summed E-state index contributed by atoms with van der Waals surface area (Å²) in [5.41, 5.74) is 0.550. The average molecular weight is 289 g/mol. The van der Waals surface area contributed by atoms with Crippen LogP contribution in [0.1, 0.15) is 17.4 Å². The minimum absolute atomic E-state index is 0.192. The number of aromatic nitrogens is 2. The molecule has 0 amide bonds. The molecule has 0 saturated heterocycles. The highest BCUT2D eigenvalue weighted by Crippen LogP contribution is 2.27. The second-order valence-corrected chi connectivity index (χ2v) is 4.34. The fourth-order valence-electron chi connectivity index (χ4n) is 1.18. The van der Waals surface area contributed by atoms with Crippen LogP contribution in [0.25, 0.3) is 0 Å². The molecule has 0 saturated carbocycles. The second kappa shape index (κ2) is 4.34. The summed E-state index contributed by atoms with van der Waals surface area (Å²) in [7, 11) is 0. The van der Waals surface area contributed by atoms with Gasteiger partial charge in [-0.05, 0) is 33.5 Å². The lowest BCUT2D eigenvalue weighted by Gasteiger charge is -2.09. The summed E-state index contributed by atoms with van der Waals surface area (Å²) in [4.78, 5) is 0. The van der Waals surface area contributed by atoms with E-state index < -0.39 is 11.9 Å². The first-order valence-corrected chi connectivity index (χ1v) is 5.72. The molecule has 1 aromatic heterocycles. The molecule has 1 aromatic carbocycles. The van der Waals surface area contributed by atoms with Gasteiger partial charge in [0.05, 0.1) is 4.47 Å². The Morgan fingerprint density at radius 3 is 2.93 bits per heavy atom. The molecule has 0 radical (unpaired) electrons. The monoisotopic (exact) mass is 288 g/mol. The Balaban J connectivity index is 2.42. The molecule has 6 heteroatoms. The van der Waals surface area contributed by atoms with Crippen molar-refractivity contribution >= 4 is 27.5 Å². The van der Waals surface area contributed by atoms with Gasteiger partial charge in [-0.1, -0.05) is 16.6 Å². The molecule has 0 bridgehead atoms. The quantitative estimate of drug-likeness (QED) is 0.924. The van der Waals surface area contributed by atoms with Gasteiger partial charge in [-0.25, -0.2) is 4.39 Å². The maximum Gasteiger partial charge on any atom is 0.143 e. The van der Waals surface area contributed by atoms with E-state index in [0.717, 1.165) is 11.5 Å². The minimum atomic E-state index is -1.07. The first kappa shape index (κ1) is 10.7. The zero-order chi connectivity index (χ0) is 10.8. The molecule has 1 N–H and O–H groups in total. The third-order valence-corrected chi connectivity index (χ3v) is 3.07. The van der Waals surface area contributed by atoms with Gasteiger partial charge in [0, 0.05) is 10.9 Å². The lowest BCUT2D eigenvalue weighted by Crippen LogP contribution is -2.03. The molecule has 1 unspecified atom stereocenters. The zero-order valence-electron chi connectivity index (χ0n) is 7.39. The van der Waals surface area contributed by atoms with Crippen LogP contribution in [0.3, 0.4) is 0 Å². The highest BCUT2D eigenvalue weighted by molar-refractivity contribution is 9.10. The van der Waals surface area contributed by atoms with Gasteiger partial charge in [-0.15, -0.1) is 5.10 Å². The van der Waals surface area contributed by atoms with Crippen LogP contribution in [0.15, 0.2) is 28.1 Å². The molecular formula is C9H6BrFN2OS. The van der Waals surface area contributed by atoms with Crippen molar-refractivity contribution < 1.29 is 9.50 Å². The van der Waals surface area contributed by atoms with Crippen molar-refractivity contribution in [1.29, 1.82) is 0 Å². The number of benzene rings is 1. The molecule has 0 fully saturated rings. The zero-order valence-corrected chi connectivity index (χ0v) is 9.80. The van der Waals surface area contributed by atoms with E-state index in [1.807, 2.05) is 0 Å². The number of hydrogen-bond donors (Lipinski definition) is 1. The van der Waals surface area contributed by atoms with Crippen molar-refractivity contribution in [3.63, 3.8) is 0 Å². The van der Waals surface area contributed by atoms with Crippen LogP contribution in [-0.4, -0.2) is 14.7 Å². The maximum absolute atomic E-state index is 13.6. The predicted molar refractivity (Wildman–Crippen MR) is 58.1 cm³/mol. The van der Waals surface area contributed by atoms with Crippen molar-refractivity contribution in [2.75, 3.05) is 0 Å². The van der Waals surface area contributed by atoms with E-state index in [1.165, 1.54) is 6.07 Å². The van der Waals surface area contributed by atoms with Gasteiger partial charge in [0.25, 0.3) is 0 Å². The third kappa shape index (κ3) is 2.06. The summed E-state index contributed by atoms with van der Waals surface area (Å²) in [6.45, 7) is 0. The van der Waals surface area contributed by atoms with Crippen LogP contribution < -0.4 is 0 Å². The molecule has 1 atom stereocenters. The average Bonchev–Trinajstić information content (AvgIpc) is 2.74. The third-order valence-electron chi connectivity index (χ3n) is 1.93. The Hall–Kier alpha value is -0.850. The van der Waals surface area contributed by atoms with E-state index in [2.05, 4.69) is 25.5 Å². The number of aliphatic hydroxyl groups is 1. The van der Waals surface area contributed by atoms with Crippen LogP contribution in [0.2, 0.25) is 0 Å². The number of halogens is 2. The minimum Gasteiger partial charge on any atom is -0.382 e. The number of nitrogens with zero attached hydrogens (tertiary/aromatic N) is 2. The second-order valence-electron chi connectivity index (χ2n) is 2.88. The summed E-state index contributed by atoms with van der Waals surface area (Å²) in [5, 5.41) is 15.1. The van der Waals surface area contributed by atoms with Crippen LogP contribution in [-0.2, 0) is 0 Å². The Bertz CT molecular complexity index is 463. The Labute approximate surface area is 97.9 Å². The molecule has 2 aromatic rings. The summed E-state index contributed by atoms with van der Waals surface area (Å²) >= 11 is 4.18. The molecule has 0 aliphatic heterocycles. The van der Waals surface area contributed by atoms with Gasteiger partial charge in [0.2, 0.25) is 0 Å². The van der Waals surface area contributed by atoms with E-state index in [4.69, 9.17) is 0 Å². The van der Waals surface area contributed by atoms with Crippen molar-refractivity contribution in [2.24, 2.45) is 0 Å². The highest BCUT2D eigenvalue weighted by Gasteiger charge is 2.18. The molecule has 15 heavy (non-hydrogen) atoms. The van der Waals surface area contributed by atoms with Gasteiger partial charge in [0.1, 0.15) is 17.6 Å². The van der Waals surface area contributed by atoms with Gasteiger partial charge in [0.15, 0.2) is 0 Å². The first-order chi connectivity index (χ1) is 7.20. The molecule has 1 heterocycles. The van der Waals surface area contributed by atoms with E-state index in [1.54, 1.807) is 17.5 Å². The highest BCUT2D eigenvalue weighted by atomic mass is 79.9. The van der Waals surface area contributed by atoms with Crippen LogP contribution >= 0.6 is 27.5 Å². The van der Waals surface area contributed by atoms with Gasteiger partial charge in [-0.3, -0.25) is 0 Å². The fourth-order valence-corrected chi connectivity index (χ4v) is 2.04. The topological polar surface area (TPSA) is 46.0 Å². The fraction of sp³-hybridized carbons (Fsp3) is 0.111. The van der Waals surface area contributed by atoms with E-state index in [-0.39, 0.29) is 5.56 Å². The Morgan fingerprint density at radius 1 is 1.47 bits per heavy atom. The number of hydrogen-bond acceptors (Lipinski definition) is 4.